The van der Waals surface area contributed by atoms with E-state index in [1.54, 1.807) is 6.20 Å². The number of ether oxygens (including phenoxy) is 2. The summed E-state index contributed by atoms with van der Waals surface area (Å²) in [6.07, 6.45) is 8.43. The van der Waals surface area contributed by atoms with Gasteiger partial charge in [0.25, 0.3) is 0 Å². The van der Waals surface area contributed by atoms with Crippen molar-refractivity contribution in [1.82, 2.24) is 9.88 Å². The fourth-order valence-corrected chi connectivity index (χ4v) is 4.81. The van der Waals surface area contributed by atoms with E-state index in [2.05, 4.69) is 46.3 Å². The monoisotopic (exact) mass is 455 g/mol. The van der Waals surface area contributed by atoms with E-state index in [4.69, 9.17) is 14.5 Å². The van der Waals surface area contributed by atoms with Crippen molar-refractivity contribution in [1.29, 1.82) is 0 Å². The highest BCUT2D eigenvalue weighted by molar-refractivity contribution is 6.00. The first-order valence-corrected chi connectivity index (χ1v) is 12.6. The molecule has 1 saturated heterocycles. The summed E-state index contributed by atoms with van der Waals surface area (Å²) in [5.41, 5.74) is 2.39. The van der Waals surface area contributed by atoms with Crippen molar-refractivity contribution < 1.29 is 9.47 Å². The van der Waals surface area contributed by atoms with Gasteiger partial charge in [0.05, 0.1) is 12.2 Å². The van der Waals surface area contributed by atoms with Crippen LogP contribution in [-0.2, 0) is 6.42 Å². The lowest BCUT2D eigenvalue weighted by atomic mass is 9.90. The lowest BCUT2D eigenvalue weighted by molar-refractivity contribution is 0.264. The van der Waals surface area contributed by atoms with E-state index in [0.29, 0.717) is 24.2 Å². The molecule has 0 bridgehead atoms. The summed E-state index contributed by atoms with van der Waals surface area (Å²) in [5.74, 6) is 3.77. The minimum absolute atomic E-state index is 0.586. The second kappa shape index (κ2) is 11.2. The minimum Gasteiger partial charge on any atom is -0.490 e. The molecule has 0 radical (unpaired) electrons. The smallest absolute Gasteiger partial charge is 0.230 e. The van der Waals surface area contributed by atoms with Gasteiger partial charge in [0, 0.05) is 25.8 Å². The number of fused-ring (bicyclic) bond motifs is 2. The highest BCUT2D eigenvalue weighted by Crippen LogP contribution is 2.33. The number of pyridine rings is 1. The highest BCUT2D eigenvalue weighted by atomic mass is 16.5. The van der Waals surface area contributed by atoms with Crippen LogP contribution < -0.4 is 9.47 Å². The summed E-state index contributed by atoms with van der Waals surface area (Å²) in [6.45, 7) is 3.50. The zero-order chi connectivity index (χ0) is 23.0. The number of benzene rings is 2. The Balaban J connectivity index is 1.38. The molecular formula is C29H33N3O2. The van der Waals surface area contributed by atoms with Crippen LogP contribution in [0.25, 0.3) is 0 Å². The molecule has 3 aromatic rings. The second-order valence-corrected chi connectivity index (χ2v) is 9.14. The summed E-state index contributed by atoms with van der Waals surface area (Å²) >= 11 is 0. The third-order valence-electron chi connectivity index (χ3n) is 6.67. The molecule has 1 aromatic heterocycles. The first-order valence-electron chi connectivity index (χ1n) is 12.6. The van der Waals surface area contributed by atoms with Crippen LogP contribution >= 0.6 is 0 Å². The minimum atomic E-state index is 0.586. The Bertz CT molecular complexity index is 1090. The third kappa shape index (κ3) is 5.58. The Morgan fingerprint density at radius 3 is 2.47 bits per heavy atom. The van der Waals surface area contributed by atoms with Gasteiger partial charge in [0.15, 0.2) is 11.5 Å². The molecule has 2 aliphatic rings. The molecule has 0 atom stereocenters. The van der Waals surface area contributed by atoms with Crippen molar-refractivity contribution in [2.24, 2.45) is 10.9 Å². The second-order valence-electron chi connectivity index (χ2n) is 9.14. The molecule has 176 valence electrons. The molecule has 0 unspecified atom stereocenters. The van der Waals surface area contributed by atoms with Gasteiger partial charge >= 0.3 is 0 Å². The lowest BCUT2D eigenvalue weighted by Crippen LogP contribution is -2.39. The molecule has 0 saturated carbocycles. The van der Waals surface area contributed by atoms with E-state index < -0.39 is 0 Å². The molecule has 2 aromatic carbocycles. The van der Waals surface area contributed by atoms with Crippen molar-refractivity contribution in [3.63, 3.8) is 0 Å². The molecule has 0 spiro atoms. The van der Waals surface area contributed by atoms with Gasteiger partial charge in [-0.15, -0.1) is 0 Å². The summed E-state index contributed by atoms with van der Waals surface area (Å²) < 4.78 is 12.4. The number of amidine groups is 1. The quantitative estimate of drug-likeness (QED) is 0.466. The van der Waals surface area contributed by atoms with Crippen molar-refractivity contribution in [2.45, 2.75) is 38.5 Å². The largest absolute Gasteiger partial charge is 0.490 e. The predicted octanol–water partition coefficient (Wildman–Crippen LogP) is 6.14. The predicted molar refractivity (Wildman–Crippen MR) is 136 cm³/mol. The normalized spacial score (nSPS) is 17.5. The SMILES string of the molecule is c1ccc(CC2CCN(C3=NCCCCCOc4ccccc4Oc4ncccc43)CC2)cc1. The molecule has 2 aliphatic heterocycles. The summed E-state index contributed by atoms with van der Waals surface area (Å²) in [7, 11) is 0. The average molecular weight is 456 g/mol. The molecule has 5 rings (SSSR count). The van der Waals surface area contributed by atoms with Crippen molar-refractivity contribution >= 4 is 5.84 Å². The zero-order valence-corrected chi connectivity index (χ0v) is 19.7. The number of aliphatic imine (C=N–C) groups is 1. The molecule has 1 fully saturated rings. The number of likely N-dealkylation sites (tertiary alicyclic amines) is 1. The van der Waals surface area contributed by atoms with Crippen LogP contribution in [0.1, 0.15) is 43.2 Å². The van der Waals surface area contributed by atoms with Crippen LogP contribution in [0.4, 0.5) is 0 Å². The Labute approximate surface area is 202 Å². The van der Waals surface area contributed by atoms with E-state index in [1.165, 1.54) is 18.4 Å². The molecule has 3 heterocycles. The molecular weight excluding hydrogens is 422 g/mol. The van der Waals surface area contributed by atoms with Crippen molar-refractivity contribution in [3.8, 4) is 17.4 Å². The third-order valence-corrected chi connectivity index (χ3v) is 6.67. The molecule has 0 amide bonds. The van der Waals surface area contributed by atoms with Gasteiger partial charge in [-0.2, -0.15) is 0 Å². The maximum Gasteiger partial charge on any atom is 0.230 e. The Morgan fingerprint density at radius 1 is 0.824 bits per heavy atom. The summed E-state index contributed by atoms with van der Waals surface area (Å²) in [5, 5.41) is 0. The zero-order valence-electron chi connectivity index (χ0n) is 19.7. The van der Waals surface area contributed by atoms with Gasteiger partial charge in [-0.3, -0.25) is 4.99 Å². The van der Waals surface area contributed by atoms with Gasteiger partial charge in [-0.05, 0) is 74.3 Å². The first-order chi connectivity index (χ1) is 16.9. The van der Waals surface area contributed by atoms with Gasteiger partial charge in [-0.25, -0.2) is 4.98 Å². The average Bonchev–Trinajstić information content (AvgIpc) is 2.90. The Hall–Kier alpha value is -3.34. The van der Waals surface area contributed by atoms with Gasteiger partial charge in [0.2, 0.25) is 5.88 Å². The van der Waals surface area contributed by atoms with Crippen LogP contribution in [0, 0.1) is 5.92 Å². The number of aromatic nitrogens is 1. The molecule has 5 heteroatoms. The Kier molecular flexibility index (Phi) is 7.39. The van der Waals surface area contributed by atoms with Crippen LogP contribution in [-0.4, -0.2) is 42.0 Å². The maximum atomic E-state index is 6.33. The fraction of sp³-hybridized carbons (Fsp3) is 0.379. The van der Waals surface area contributed by atoms with Crippen LogP contribution in [0.5, 0.6) is 17.4 Å². The maximum absolute atomic E-state index is 6.33. The molecule has 5 nitrogen and oxygen atoms in total. The van der Waals surface area contributed by atoms with Gasteiger partial charge < -0.3 is 14.4 Å². The lowest BCUT2D eigenvalue weighted by Gasteiger charge is -2.34. The topological polar surface area (TPSA) is 47.0 Å². The first kappa shape index (κ1) is 22.5. The van der Waals surface area contributed by atoms with Crippen LogP contribution in [0.15, 0.2) is 77.9 Å². The summed E-state index contributed by atoms with van der Waals surface area (Å²) in [6, 6.07) is 22.8. The van der Waals surface area contributed by atoms with Crippen molar-refractivity contribution in [2.75, 3.05) is 26.2 Å². The van der Waals surface area contributed by atoms with E-state index in [-0.39, 0.29) is 0 Å². The number of hydrogen-bond donors (Lipinski definition) is 0. The molecule has 0 aliphatic carbocycles. The number of para-hydroxylation sites is 2. The van der Waals surface area contributed by atoms with Crippen molar-refractivity contribution in [3.05, 3.63) is 84.1 Å². The molecule has 0 N–H and O–H groups in total. The summed E-state index contributed by atoms with van der Waals surface area (Å²) in [4.78, 5) is 12.1. The van der Waals surface area contributed by atoms with Crippen LogP contribution in [0.3, 0.4) is 0 Å². The van der Waals surface area contributed by atoms with Gasteiger partial charge in [-0.1, -0.05) is 42.5 Å². The number of rotatable bonds is 2. The van der Waals surface area contributed by atoms with E-state index in [1.807, 2.05) is 30.3 Å². The highest BCUT2D eigenvalue weighted by Gasteiger charge is 2.25. The standard InChI is InChI=1S/C29H33N3O2/c1-3-10-23(11-4-1)22-24-15-19-32(20-16-24)28-25-12-9-18-31-29(25)34-27-14-6-5-13-26(27)33-21-8-2-7-17-30-28/h1,3-6,9-14,18,24H,2,7-8,15-17,19-22H2. The van der Waals surface area contributed by atoms with E-state index in [9.17, 15) is 0 Å². The Morgan fingerprint density at radius 2 is 1.62 bits per heavy atom. The van der Waals surface area contributed by atoms with E-state index >= 15 is 0 Å². The van der Waals surface area contributed by atoms with E-state index in [0.717, 1.165) is 62.5 Å². The molecule has 34 heavy (non-hydrogen) atoms. The number of piperidine rings is 1. The number of nitrogens with zero attached hydrogens (tertiary/aromatic N) is 3. The fourth-order valence-electron chi connectivity index (χ4n) is 4.81. The number of hydrogen-bond acceptors (Lipinski definition) is 5. The van der Waals surface area contributed by atoms with Gasteiger partial charge in [0.1, 0.15) is 5.84 Å². The van der Waals surface area contributed by atoms with Crippen LogP contribution in [0.2, 0.25) is 0 Å².